The molecular formula is C18H29N5O4. The number of aliphatic carboxylic acids is 1. The molecule has 2 fully saturated rings. The third-order valence-corrected chi connectivity index (χ3v) is 5.55. The Balaban J connectivity index is 1.96. The number of piperazine rings is 1. The summed E-state index contributed by atoms with van der Waals surface area (Å²) in [6.07, 6.45) is 1.65. The maximum atomic E-state index is 11.8. The van der Waals surface area contributed by atoms with Gasteiger partial charge in [-0.1, -0.05) is 0 Å². The van der Waals surface area contributed by atoms with Gasteiger partial charge in [-0.2, -0.15) is 4.98 Å². The van der Waals surface area contributed by atoms with Gasteiger partial charge in [0.05, 0.1) is 31.3 Å². The minimum absolute atomic E-state index is 0.0318. The molecule has 2 N–H and O–H groups in total. The second-order valence-corrected chi connectivity index (χ2v) is 7.70. The number of aromatic nitrogens is 2. The number of likely N-dealkylation sites (N-methyl/N-ethyl adjacent to an activating group) is 1. The van der Waals surface area contributed by atoms with Gasteiger partial charge in [0.2, 0.25) is 5.95 Å². The van der Waals surface area contributed by atoms with E-state index in [4.69, 9.17) is 9.72 Å². The van der Waals surface area contributed by atoms with Gasteiger partial charge in [-0.3, -0.25) is 9.69 Å². The number of hydrogen-bond acceptors (Lipinski definition) is 8. The molecule has 0 radical (unpaired) electrons. The van der Waals surface area contributed by atoms with E-state index in [0.29, 0.717) is 50.2 Å². The maximum absolute atomic E-state index is 11.8. The third kappa shape index (κ3) is 3.99. The largest absolute Gasteiger partial charge is 0.481 e. The number of rotatable bonds is 5. The molecule has 0 amide bonds. The van der Waals surface area contributed by atoms with Gasteiger partial charge in [-0.05, 0) is 20.9 Å². The zero-order valence-electron chi connectivity index (χ0n) is 16.3. The van der Waals surface area contributed by atoms with E-state index in [9.17, 15) is 15.0 Å². The second kappa shape index (κ2) is 7.95. The van der Waals surface area contributed by atoms with E-state index in [1.165, 1.54) is 0 Å². The summed E-state index contributed by atoms with van der Waals surface area (Å²) < 4.78 is 5.44. The van der Waals surface area contributed by atoms with Crippen molar-refractivity contribution in [3.05, 3.63) is 11.8 Å². The number of carboxylic acids is 1. The first-order valence-electron chi connectivity index (χ1n) is 9.34. The third-order valence-electron chi connectivity index (χ3n) is 5.55. The number of anilines is 2. The highest BCUT2D eigenvalue weighted by molar-refractivity contribution is 5.82. The molecule has 0 saturated carbocycles. The number of ether oxygens (including phenoxy) is 1. The van der Waals surface area contributed by atoms with Crippen molar-refractivity contribution >= 4 is 17.7 Å². The van der Waals surface area contributed by atoms with Crippen molar-refractivity contribution in [3.8, 4) is 0 Å². The van der Waals surface area contributed by atoms with E-state index in [-0.39, 0.29) is 12.6 Å². The number of morpholine rings is 1. The van der Waals surface area contributed by atoms with Gasteiger partial charge in [-0.15, -0.1) is 0 Å². The van der Waals surface area contributed by atoms with E-state index in [2.05, 4.69) is 19.7 Å². The molecule has 27 heavy (non-hydrogen) atoms. The molecule has 0 bridgehead atoms. The molecule has 0 aromatic carbocycles. The lowest BCUT2D eigenvalue weighted by Crippen LogP contribution is -2.53. The Hall–Kier alpha value is -1.97. The summed E-state index contributed by atoms with van der Waals surface area (Å²) in [6.45, 7) is 8.15. The zero-order chi connectivity index (χ0) is 19.6. The first-order valence-corrected chi connectivity index (χ1v) is 9.34. The average Bonchev–Trinajstić information content (AvgIpc) is 2.68. The van der Waals surface area contributed by atoms with Crippen LogP contribution in [0.1, 0.15) is 19.4 Å². The lowest BCUT2D eigenvalue weighted by atomic mass is 9.85. The van der Waals surface area contributed by atoms with Crippen molar-refractivity contribution in [3.63, 3.8) is 0 Å². The van der Waals surface area contributed by atoms with Gasteiger partial charge in [0.15, 0.2) is 0 Å². The second-order valence-electron chi connectivity index (χ2n) is 7.70. The molecule has 3 heterocycles. The highest BCUT2D eigenvalue weighted by atomic mass is 16.5. The van der Waals surface area contributed by atoms with Crippen LogP contribution in [-0.4, -0.2) is 96.7 Å². The lowest BCUT2D eigenvalue weighted by molar-refractivity contribution is -0.142. The molecule has 2 aliphatic rings. The normalized spacial score (nSPS) is 22.1. The van der Waals surface area contributed by atoms with E-state index in [1.807, 2.05) is 7.05 Å². The Kier molecular flexibility index (Phi) is 5.83. The van der Waals surface area contributed by atoms with Crippen LogP contribution in [0.2, 0.25) is 0 Å². The van der Waals surface area contributed by atoms with Crippen LogP contribution in [-0.2, 0) is 14.9 Å². The fourth-order valence-electron chi connectivity index (χ4n) is 3.41. The molecule has 0 aliphatic carbocycles. The number of aliphatic hydroxyl groups excluding tert-OH is 1. The number of nitrogens with zero attached hydrogens (tertiary/aromatic N) is 5. The van der Waals surface area contributed by atoms with Crippen LogP contribution in [0, 0.1) is 0 Å². The van der Waals surface area contributed by atoms with Gasteiger partial charge < -0.3 is 24.7 Å². The number of carboxylic acid groups (broad SMARTS) is 1. The van der Waals surface area contributed by atoms with Crippen LogP contribution >= 0.6 is 0 Å². The molecule has 9 nitrogen and oxygen atoms in total. The fourth-order valence-corrected chi connectivity index (χ4v) is 3.41. The van der Waals surface area contributed by atoms with E-state index >= 15 is 0 Å². The van der Waals surface area contributed by atoms with E-state index in [1.54, 1.807) is 20.0 Å². The molecule has 1 atom stereocenters. The maximum Gasteiger partial charge on any atom is 0.313 e. The first-order chi connectivity index (χ1) is 12.8. The Morgan fingerprint density at radius 2 is 1.96 bits per heavy atom. The van der Waals surface area contributed by atoms with Crippen LogP contribution < -0.4 is 9.80 Å². The van der Waals surface area contributed by atoms with E-state index < -0.39 is 11.4 Å². The molecule has 2 aliphatic heterocycles. The van der Waals surface area contributed by atoms with Crippen LogP contribution in [0.3, 0.4) is 0 Å². The smallest absolute Gasteiger partial charge is 0.313 e. The molecule has 1 aromatic rings. The molecule has 1 aromatic heterocycles. The molecular weight excluding hydrogens is 350 g/mol. The topological polar surface area (TPSA) is 102 Å². The van der Waals surface area contributed by atoms with Crippen LogP contribution in [0.25, 0.3) is 0 Å². The van der Waals surface area contributed by atoms with E-state index in [0.717, 1.165) is 13.1 Å². The highest BCUT2D eigenvalue weighted by Gasteiger charge is 2.36. The molecule has 3 rings (SSSR count). The van der Waals surface area contributed by atoms with Gasteiger partial charge in [0.25, 0.3) is 0 Å². The summed E-state index contributed by atoms with van der Waals surface area (Å²) in [7, 11) is 2.00. The van der Waals surface area contributed by atoms with Crippen LogP contribution in [0.4, 0.5) is 11.8 Å². The van der Waals surface area contributed by atoms with Crippen molar-refractivity contribution in [2.75, 3.05) is 69.4 Å². The minimum atomic E-state index is -1.10. The van der Waals surface area contributed by atoms with Gasteiger partial charge in [-0.25, -0.2) is 4.98 Å². The van der Waals surface area contributed by atoms with Crippen molar-refractivity contribution in [1.29, 1.82) is 0 Å². The summed E-state index contributed by atoms with van der Waals surface area (Å²) in [5, 5.41) is 19.3. The summed E-state index contributed by atoms with van der Waals surface area (Å²) >= 11 is 0. The predicted molar refractivity (Wildman–Crippen MR) is 101 cm³/mol. The fraction of sp³-hybridized carbons (Fsp3) is 0.722. The average molecular weight is 379 g/mol. The van der Waals surface area contributed by atoms with Crippen molar-refractivity contribution in [1.82, 2.24) is 14.9 Å². The number of carbonyl (C=O) groups is 1. The molecule has 9 heteroatoms. The van der Waals surface area contributed by atoms with Gasteiger partial charge >= 0.3 is 5.97 Å². The Morgan fingerprint density at radius 3 is 2.59 bits per heavy atom. The minimum Gasteiger partial charge on any atom is -0.481 e. The Labute approximate surface area is 159 Å². The summed E-state index contributed by atoms with van der Waals surface area (Å²) in [5.74, 6) is 0.330. The number of aliphatic hydroxyl groups is 1. The van der Waals surface area contributed by atoms with Crippen molar-refractivity contribution in [2.24, 2.45) is 0 Å². The van der Waals surface area contributed by atoms with Gasteiger partial charge in [0, 0.05) is 44.5 Å². The zero-order valence-corrected chi connectivity index (χ0v) is 16.3. The standard InChI is InChI=1S/C18H29N5O4/c1-18(2,16(25)26)14-10-19-17(20-15(14)22-6-8-27-9-7-22)23-5-4-21(3)13(11-23)12-24/h10,13,24H,4-9,11-12H2,1-3H3,(H,25,26). The molecule has 2 saturated heterocycles. The predicted octanol–water partition coefficient (Wildman–Crippen LogP) is -0.212. The molecule has 150 valence electrons. The number of hydrogen-bond donors (Lipinski definition) is 2. The quantitative estimate of drug-likeness (QED) is 0.719. The van der Waals surface area contributed by atoms with Crippen LogP contribution in [0.15, 0.2) is 6.20 Å². The SMILES string of the molecule is CN1CCN(c2ncc(C(C)(C)C(=O)O)c(N3CCOCC3)n2)CC1CO. The van der Waals surface area contributed by atoms with Crippen molar-refractivity contribution < 1.29 is 19.7 Å². The summed E-state index contributed by atoms with van der Waals surface area (Å²) in [5.41, 5.74) is -0.490. The first kappa shape index (κ1) is 19.8. The highest BCUT2D eigenvalue weighted by Crippen LogP contribution is 2.33. The summed E-state index contributed by atoms with van der Waals surface area (Å²) in [6, 6.07) is 0.0318. The van der Waals surface area contributed by atoms with Crippen LogP contribution in [0.5, 0.6) is 0 Å². The molecule has 1 unspecified atom stereocenters. The molecule has 0 spiro atoms. The lowest BCUT2D eigenvalue weighted by Gasteiger charge is -2.39. The van der Waals surface area contributed by atoms with Gasteiger partial charge in [0.1, 0.15) is 5.82 Å². The Bertz CT molecular complexity index is 678. The Morgan fingerprint density at radius 1 is 1.26 bits per heavy atom. The monoisotopic (exact) mass is 379 g/mol. The summed E-state index contributed by atoms with van der Waals surface area (Å²) in [4.78, 5) is 27.4. The van der Waals surface area contributed by atoms with Crippen molar-refractivity contribution in [2.45, 2.75) is 25.3 Å².